The molecule has 0 spiro atoms. The van der Waals surface area contributed by atoms with Gasteiger partial charge in [0.15, 0.2) is 6.10 Å². The minimum atomic E-state index is -0.775. The summed E-state index contributed by atoms with van der Waals surface area (Å²) in [4.78, 5) is 38.2. The number of ether oxygens (including phenoxy) is 3. The second-order valence-corrected chi connectivity index (χ2v) is 21.0. The van der Waals surface area contributed by atoms with Crippen molar-refractivity contribution in [3.05, 3.63) is 72.9 Å². The van der Waals surface area contributed by atoms with Crippen molar-refractivity contribution in [3.63, 3.8) is 0 Å². The van der Waals surface area contributed by atoms with Crippen molar-refractivity contribution in [2.75, 3.05) is 13.2 Å². The zero-order valence-corrected chi connectivity index (χ0v) is 48.4. The Labute approximate surface area is 453 Å². The first kappa shape index (κ1) is 69.8. The smallest absolute Gasteiger partial charge is 0.306 e. The maximum atomic E-state index is 12.9. The summed E-state index contributed by atoms with van der Waals surface area (Å²) in [7, 11) is 0. The van der Waals surface area contributed by atoms with E-state index in [1.165, 1.54) is 173 Å². The van der Waals surface area contributed by atoms with Crippen LogP contribution in [-0.4, -0.2) is 37.2 Å². The monoisotopic (exact) mass is 1020 g/mol. The summed E-state index contributed by atoms with van der Waals surface area (Å²) in [5, 5.41) is 0. The fourth-order valence-electron chi connectivity index (χ4n) is 9.04. The van der Waals surface area contributed by atoms with E-state index in [-0.39, 0.29) is 31.1 Å². The molecule has 0 rings (SSSR count). The van der Waals surface area contributed by atoms with Crippen molar-refractivity contribution in [2.45, 2.75) is 322 Å². The van der Waals surface area contributed by atoms with E-state index >= 15 is 0 Å². The first-order valence-corrected chi connectivity index (χ1v) is 31.4. The van der Waals surface area contributed by atoms with Crippen LogP contribution in [-0.2, 0) is 28.6 Å². The predicted octanol–water partition coefficient (Wildman–Crippen LogP) is 21.3. The number of carbonyl (C=O) groups excluding carboxylic acids is 3. The molecule has 6 nitrogen and oxygen atoms in total. The van der Waals surface area contributed by atoms with Gasteiger partial charge in [-0.3, -0.25) is 14.4 Å². The lowest BCUT2D eigenvalue weighted by molar-refractivity contribution is -0.167. The summed E-state index contributed by atoms with van der Waals surface area (Å²) in [6.45, 7) is 6.55. The SMILES string of the molecule is CC/C=C\C/C=C\C/C=C\C/C=C\C/C=C\C/C=C\CCCCCCCCCCC(=O)OCC(COC(=O)CCCCCCCCCCCC)OC(=O)CCCCCCCCCCCCCCCCCCCC. The molecule has 0 aromatic rings. The fourth-order valence-corrected chi connectivity index (χ4v) is 9.04. The topological polar surface area (TPSA) is 78.9 Å². The van der Waals surface area contributed by atoms with Gasteiger partial charge in [-0.2, -0.15) is 0 Å². The summed E-state index contributed by atoms with van der Waals surface area (Å²) in [5.74, 6) is -0.868. The second kappa shape index (κ2) is 61.4. The van der Waals surface area contributed by atoms with Gasteiger partial charge in [0.1, 0.15) is 13.2 Å². The lowest BCUT2D eigenvalue weighted by atomic mass is 10.0. The van der Waals surface area contributed by atoms with E-state index in [1.54, 1.807) is 0 Å². The van der Waals surface area contributed by atoms with E-state index in [9.17, 15) is 14.4 Å². The highest BCUT2D eigenvalue weighted by atomic mass is 16.6. The average molecular weight is 1020 g/mol. The largest absolute Gasteiger partial charge is 0.462 e. The van der Waals surface area contributed by atoms with Gasteiger partial charge in [-0.25, -0.2) is 0 Å². The highest BCUT2D eigenvalue weighted by Gasteiger charge is 2.19. The Balaban J connectivity index is 4.24. The molecule has 0 aromatic heterocycles. The van der Waals surface area contributed by atoms with Crippen molar-refractivity contribution < 1.29 is 28.6 Å². The summed E-state index contributed by atoms with van der Waals surface area (Å²) < 4.78 is 16.9. The van der Waals surface area contributed by atoms with Gasteiger partial charge in [-0.15, -0.1) is 0 Å². The van der Waals surface area contributed by atoms with Crippen LogP contribution in [0.25, 0.3) is 0 Å². The summed E-state index contributed by atoms with van der Waals surface area (Å²) >= 11 is 0. The highest BCUT2D eigenvalue weighted by Crippen LogP contribution is 2.17. The molecule has 0 heterocycles. The van der Waals surface area contributed by atoms with Gasteiger partial charge in [0, 0.05) is 19.3 Å². The van der Waals surface area contributed by atoms with Gasteiger partial charge in [0.2, 0.25) is 0 Å². The van der Waals surface area contributed by atoms with Crippen LogP contribution in [0, 0.1) is 0 Å². The number of rotatable bonds is 57. The van der Waals surface area contributed by atoms with Gasteiger partial charge >= 0.3 is 17.9 Å². The highest BCUT2D eigenvalue weighted by molar-refractivity contribution is 5.71. The Morgan fingerprint density at radius 1 is 0.288 bits per heavy atom. The standard InChI is InChI=1S/C67H118O6/c1-4-7-10-13-16-19-22-24-26-28-30-31-32-33-34-35-36-37-38-40-41-43-45-48-51-54-57-60-66(69)72-63-64(62-71-65(68)59-56-53-50-47-21-18-15-12-9-6-3)73-67(70)61-58-55-52-49-46-44-42-39-29-27-25-23-20-17-14-11-8-5-2/h7,10,16,19,24,26,30-31,33-34,36-37,64H,4-6,8-9,11-15,17-18,20-23,25,27-29,32,35,38-63H2,1-3H3/b10-7-,19-16-,26-24-,31-30-,34-33-,37-36-. The summed E-state index contributed by atoms with van der Waals surface area (Å²) in [5.41, 5.74) is 0. The maximum absolute atomic E-state index is 12.9. The lowest BCUT2D eigenvalue weighted by Crippen LogP contribution is -2.30. The molecule has 0 aliphatic rings. The first-order valence-electron chi connectivity index (χ1n) is 31.4. The Morgan fingerprint density at radius 3 is 0.836 bits per heavy atom. The van der Waals surface area contributed by atoms with Gasteiger partial charge in [-0.05, 0) is 70.6 Å². The molecule has 0 bridgehead atoms. The number of hydrogen-bond donors (Lipinski definition) is 0. The van der Waals surface area contributed by atoms with E-state index in [0.717, 1.165) is 103 Å². The average Bonchev–Trinajstić information content (AvgIpc) is 3.39. The van der Waals surface area contributed by atoms with Crippen LogP contribution in [0.15, 0.2) is 72.9 Å². The van der Waals surface area contributed by atoms with E-state index in [0.29, 0.717) is 19.3 Å². The Hall–Kier alpha value is -3.15. The van der Waals surface area contributed by atoms with Gasteiger partial charge in [-0.1, -0.05) is 299 Å². The number of esters is 3. The van der Waals surface area contributed by atoms with E-state index in [2.05, 4.69) is 93.7 Å². The van der Waals surface area contributed by atoms with Crippen LogP contribution in [0.5, 0.6) is 0 Å². The normalized spacial score (nSPS) is 12.5. The van der Waals surface area contributed by atoms with Crippen LogP contribution in [0.4, 0.5) is 0 Å². The molecule has 422 valence electrons. The molecule has 1 atom stereocenters. The third-order valence-corrected chi connectivity index (χ3v) is 13.7. The quantitative estimate of drug-likeness (QED) is 0.0261. The van der Waals surface area contributed by atoms with E-state index in [1.807, 2.05) is 0 Å². The molecule has 0 amide bonds. The minimum absolute atomic E-state index is 0.0733. The molecular formula is C67H118O6. The minimum Gasteiger partial charge on any atom is -0.462 e. The Kier molecular flexibility index (Phi) is 58.7. The zero-order chi connectivity index (χ0) is 52.9. The van der Waals surface area contributed by atoms with Crippen LogP contribution in [0.2, 0.25) is 0 Å². The molecule has 0 fully saturated rings. The van der Waals surface area contributed by atoms with Crippen LogP contribution in [0.1, 0.15) is 316 Å². The van der Waals surface area contributed by atoms with Crippen molar-refractivity contribution >= 4 is 17.9 Å². The predicted molar refractivity (Wildman–Crippen MR) is 316 cm³/mol. The van der Waals surface area contributed by atoms with Gasteiger partial charge < -0.3 is 14.2 Å². The van der Waals surface area contributed by atoms with Crippen molar-refractivity contribution in [3.8, 4) is 0 Å². The molecule has 0 aliphatic heterocycles. The fraction of sp³-hybridized carbons (Fsp3) is 0.776. The Bertz CT molecular complexity index is 1360. The Morgan fingerprint density at radius 2 is 0.534 bits per heavy atom. The number of carbonyl (C=O) groups is 3. The van der Waals surface area contributed by atoms with Crippen molar-refractivity contribution in [1.82, 2.24) is 0 Å². The molecule has 0 radical (unpaired) electrons. The third-order valence-electron chi connectivity index (χ3n) is 13.7. The van der Waals surface area contributed by atoms with Crippen LogP contribution >= 0.6 is 0 Å². The second-order valence-electron chi connectivity index (χ2n) is 21.0. The molecule has 0 aliphatic carbocycles. The number of allylic oxidation sites excluding steroid dienone is 12. The maximum Gasteiger partial charge on any atom is 0.306 e. The summed E-state index contributed by atoms with van der Waals surface area (Å²) in [6.07, 6.45) is 79.1. The molecule has 0 saturated heterocycles. The van der Waals surface area contributed by atoms with Gasteiger partial charge in [0.25, 0.3) is 0 Å². The van der Waals surface area contributed by atoms with Crippen LogP contribution < -0.4 is 0 Å². The molecule has 0 aromatic carbocycles. The molecule has 0 N–H and O–H groups in total. The number of unbranched alkanes of at least 4 members (excludes halogenated alkanes) is 34. The third kappa shape index (κ3) is 59.6. The van der Waals surface area contributed by atoms with Gasteiger partial charge in [0.05, 0.1) is 0 Å². The van der Waals surface area contributed by atoms with Crippen LogP contribution in [0.3, 0.4) is 0 Å². The van der Waals surface area contributed by atoms with Crippen molar-refractivity contribution in [1.29, 1.82) is 0 Å². The van der Waals surface area contributed by atoms with Crippen molar-refractivity contribution in [2.24, 2.45) is 0 Å². The molecule has 1 unspecified atom stereocenters. The molecule has 6 heteroatoms. The molecule has 73 heavy (non-hydrogen) atoms. The summed E-state index contributed by atoms with van der Waals surface area (Å²) in [6, 6.07) is 0. The van der Waals surface area contributed by atoms with E-state index in [4.69, 9.17) is 14.2 Å². The lowest BCUT2D eigenvalue weighted by Gasteiger charge is -2.18. The molecule has 0 saturated carbocycles. The molecular weight excluding hydrogens is 901 g/mol. The number of hydrogen-bond acceptors (Lipinski definition) is 6. The van der Waals surface area contributed by atoms with E-state index < -0.39 is 6.10 Å². The zero-order valence-electron chi connectivity index (χ0n) is 48.4. The first-order chi connectivity index (χ1) is 36.0.